The summed E-state index contributed by atoms with van der Waals surface area (Å²) in [7, 11) is -1.78. The lowest BCUT2D eigenvalue weighted by atomic mass is 10.0. The molecule has 1 saturated heterocycles. The number of hydrogen-bond acceptors (Lipinski definition) is 3. The molecular formula is C17H29NO2Si. The second-order valence-electron chi connectivity index (χ2n) is 7.55. The van der Waals surface area contributed by atoms with Gasteiger partial charge in [-0.05, 0) is 42.1 Å². The third-order valence-electron chi connectivity index (χ3n) is 4.90. The van der Waals surface area contributed by atoms with Crippen LogP contribution in [0.15, 0.2) is 24.3 Å². The molecule has 4 heteroatoms. The van der Waals surface area contributed by atoms with Crippen molar-refractivity contribution in [1.29, 1.82) is 0 Å². The van der Waals surface area contributed by atoms with Gasteiger partial charge in [0.05, 0.1) is 12.6 Å². The Bertz CT molecular complexity index is 465. The van der Waals surface area contributed by atoms with E-state index in [0.29, 0.717) is 6.04 Å². The summed E-state index contributed by atoms with van der Waals surface area (Å²) in [5.41, 5.74) is 2.26. The average molecular weight is 308 g/mol. The molecule has 0 radical (unpaired) electrons. The maximum Gasteiger partial charge on any atom is 0.220 e. The molecule has 0 saturated carbocycles. The van der Waals surface area contributed by atoms with Crippen molar-refractivity contribution in [2.24, 2.45) is 0 Å². The zero-order valence-electron chi connectivity index (χ0n) is 14.0. The number of hydrogen-bond donors (Lipinski definition) is 1. The third kappa shape index (κ3) is 3.75. The van der Waals surface area contributed by atoms with Crippen LogP contribution in [0.1, 0.15) is 50.8 Å². The summed E-state index contributed by atoms with van der Waals surface area (Å²) in [6, 6.07) is 8.63. The lowest BCUT2D eigenvalue weighted by Gasteiger charge is -2.40. The second-order valence-corrected chi connectivity index (χ2v) is 12.3. The summed E-state index contributed by atoms with van der Waals surface area (Å²) in [6.45, 7) is 12.6. The van der Waals surface area contributed by atoms with Crippen molar-refractivity contribution in [3.63, 3.8) is 0 Å². The highest BCUT2D eigenvalue weighted by Crippen LogP contribution is 2.41. The van der Waals surface area contributed by atoms with Crippen molar-refractivity contribution < 1.29 is 9.63 Å². The fraction of sp³-hybridized carbons (Fsp3) is 0.647. The van der Waals surface area contributed by atoms with Crippen molar-refractivity contribution in [1.82, 2.24) is 5.06 Å². The Hall–Kier alpha value is -0.683. The lowest BCUT2D eigenvalue weighted by Crippen LogP contribution is -2.46. The highest BCUT2D eigenvalue weighted by Gasteiger charge is 2.42. The van der Waals surface area contributed by atoms with Crippen molar-refractivity contribution in [3.05, 3.63) is 35.4 Å². The van der Waals surface area contributed by atoms with Gasteiger partial charge in [0.2, 0.25) is 8.32 Å². The molecule has 1 heterocycles. The number of benzene rings is 1. The van der Waals surface area contributed by atoms with Crippen LogP contribution in [0.25, 0.3) is 0 Å². The molecule has 1 aromatic carbocycles. The predicted octanol–water partition coefficient (Wildman–Crippen LogP) is 4.25. The molecule has 1 fully saturated rings. The van der Waals surface area contributed by atoms with E-state index in [1.54, 1.807) is 0 Å². The monoisotopic (exact) mass is 307 g/mol. The molecule has 3 nitrogen and oxygen atoms in total. The van der Waals surface area contributed by atoms with E-state index in [-0.39, 0.29) is 11.6 Å². The molecule has 21 heavy (non-hydrogen) atoms. The number of aliphatic hydroxyl groups excluding tert-OH is 1. The van der Waals surface area contributed by atoms with Gasteiger partial charge >= 0.3 is 0 Å². The van der Waals surface area contributed by atoms with Gasteiger partial charge in [0.1, 0.15) is 0 Å². The molecule has 118 valence electrons. The van der Waals surface area contributed by atoms with Crippen LogP contribution in [-0.2, 0) is 11.1 Å². The first kappa shape index (κ1) is 16.7. The van der Waals surface area contributed by atoms with E-state index in [9.17, 15) is 0 Å². The Balaban J connectivity index is 2.13. The quantitative estimate of drug-likeness (QED) is 0.844. The van der Waals surface area contributed by atoms with Crippen LogP contribution in [-0.4, -0.2) is 25.0 Å². The highest BCUT2D eigenvalue weighted by molar-refractivity contribution is 6.74. The van der Waals surface area contributed by atoms with Gasteiger partial charge in [-0.15, -0.1) is 0 Å². The first-order valence-corrected chi connectivity index (χ1v) is 10.8. The van der Waals surface area contributed by atoms with Gasteiger partial charge in [-0.3, -0.25) is 0 Å². The molecular weight excluding hydrogens is 278 g/mol. The third-order valence-corrected chi connectivity index (χ3v) is 9.21. The Labute approximate surface area is 130 Å². The number of hydroxylamine groups is 2. The SMILES string of the molecule is CC(C)(C)[Si](C)(C)ON1CCCC1c1ccc(CO)cc1. The van der Waals surface area contributed by atoms with Gasteiger partial charge in [0.15, 0.2) is 0 Å². The van der Waals surface area contributed by atoms with Gasteiger partial charge < -0.3 is 9.63 Å². The van der Waals surface area contributed by atoms with Gasteiger partial charge in [-0.2, -0.15) is 5.06 Å². The fourth-order valence-corrected chi connectivity index (χ4v) is 3.54. The summed E-state index contributed by atoms with van der Waals surface area (Å²) >= 11 is 0. The summed E-state index contributed by atoms with van der Waals surface area (Å²) in [5.74, 6) is 0. The van der Waals surface area contributed by atoms with E-state index in [1.165, 1.54) is 12.0 Å². The van der Waals surface area contributed by atoms with Crippen LogP contribution in [0.5, 0.6) is 0 Å². The normalized spacial score (nSPS) is 21.0. The summed E-state index contributed by atoms with van der Waals surface area (Å²) < 4.78 is 6.51. The minimum atomic E-state index is -1.78. The van der Waals surface area contributed by atoms with Crippen LogP contribution >= 0.6 is 0 Å². The van der Waals surface area contributed by atoms with Gasteiger partial charge in [0, 0.05) is 6.54 Å². The number of rotatable bonds is 4. The lowest BCUT2D eigenvalue weighted by molar-refractivity contribution is -0.0862. The zero-order valence-corrected chi connectivity index (χ0v) is 15.0. The highest BCUT2D eigenvalue weighted by atomic mass is 28.4. The van der Waals surface area contributed by atoms with E-state index in [4.69, 9.17) is 9.63 Å². The van der Waals surface area contributed by atoms with Crippen LogP contribution in [0, 0.1) is 0 Å². The molecule has 1 aliphatic heterocycles. The topological polar surface area (TPSA) is 32.7 Å². The molecule has 1 aromatic rings. The maximum atomic E-state index is 9.16. The molecule has 0 aromatic heterocycles. The standard InChI is InChI=1S/C17H29NO2Si/c1-17(2,3)21(4,5)20-18-12-6-7-16(18)15-10-8-14(13-19)9-11-15/h8-11,16,19H,6-7,12-13H2,1-5H3. The molecule has 1 N–H and O–H groups in total. The minimum absolute atomic E-state index is 0.106. The van der Waals surface area contributed by atoms with Crippen molar-refractivity contribution >= 4 is 8.32 Å². The molecule has 0 bridgehead atoms. The molecule has 0 amide bonds. The summed E-state index contributed by atoms with van der Waals surface area (Å²) in [6.07, 6.45) is 2.33. The number of aliphatic hydroxyl groups is 1. The van der Waals surface area contributed by atoms with Crippen molar-refractivity contribution in [2.75, 3.05) is 6.54 Å². The fourth-order valence-electron chi connectivity index (χ4n) is 2.46. The molecule has 1 unspecified atom stereocenters. The Morgan fingerprint density at radius 1 is 1.24 bits per heavy atom. The number of nitrogens with zero attached hydrogens (tertiary/aromatic N) is 1. The average Bonchev–Trinajstić information content (AvgIpc) is 2.85. The van der Waals surface area contributed by atoms with Crippen LogP contribution in [0.3, 0.4) is 0 Å². The van der Waals surface area contributed by atoms with Gasteiger partial charge in [-0.1, -0.05) is 45.0 Å². The summed E-state index contributed by atoms with van der Waals surface area (Å²) in [5, 5.41) is 11.6. The first-order chi connectivity index (χ1) is 9.74. The van der Waals surface area contributed by atoms with E-state index in [0.717, 1.165) is 18.5 Å². The molecule has 0 aliphatic carbocycles. The van der Waals surface area contributed by atoms with Crippen LogP contribution < -0.4 is 0 Å². The molecule has 0 spiro atoms. The van der Waals surface area contributed by atoms with E-state index >= 15 is 0 Å². The van der Waals surface area contributed by atoms with Crippen LogP contribution in [0.4, 0.5) is 0 Å². The van der Waals surface area contributed by atoms with E-state index in [2.05, 4.69) is 51.1 Å². The Morgan fingerprint density at radius 2 is 1.86 bits per heavy atom. The first-order valence-electron chi connectivity index (χ1n) is 7.90. The minimum Gasteiger partial charge on any atom is -0.392 e. The van der Waals surface area contributed by atoms with Gasteiger partial charge in [-0.25, -0.2) is 0 Å². The van der Waals surface area contributed by atoms with Crippen molar-refractivity contribution in [3.8, 4) is 0 Å². The smallest absolute Gasteiger partial charge is 0.220 e. The van der Waals surface area contributed by atoms with Crippen molar-refractivity contribution in [2.45, 2.75) is 64.4 Å². The second kappa shape index (κ2) is 6.21. The molecule has 1 atom stereocenters. The Morgan fingerprint density at radius 3 is 2.38 bits per heavy atom. The maximum absolute atomic E-state index is 9.16. The summed E-state index contributed by atoms with van der Waals surface area (Å²) in [4.78, 5) is 0. The Kier molecular flexibility index (Phi) is 4.93. The zero-order chi connectivity index (χ0) is 15.7. The molecule has 2 rings (SSSR count). The van der Waals surface area contributed by atoms with E-state index < -0.39 is 8.32 Å². The van der Waals surface area contributed by atoms with E-state index in [1.807, 2.05) is 12.1 Å². The predicted molar refractivity (Wildman–Crippen MR) is 89.3 cm³/mol. The van der Waals surface area contributed by atoms with Crippen LogP contribution in [0.2, 0.25) is 18.1 Å². The largest absolute Gasteiger partial charge is 0.392 e. The molecule has 1 aliphatic rings. The van der Waals surface area contributed by atoms with Gasteiger partial charge in [0.25, 0.3) is 0 Å².